The molecule has 148 valence electrons. The number of carboxylic acids is 1. The normalized spacial score (nSPS) is 20.4. The van der Waals surface area contributed by atoms with Gasteiger partial charge in [-0.25, -0.2) is 14.0 Å². The Morgan fingerprint density at radius 3 is 2.56 bits per heavy atom. The van der Waals surface area contributed by atoms with Gasteiger partial charge in [0.15, 0.2) is 0 Å². The van der Waals surface area contributed by atoms with Crippen LogP contribution in [0.3, 0.4) is 0 Å². The summed E-state index contributed by atoms with van der Waals surface area (Å²) in [6, 6.07) is 5.04. The van der Waals surface area contributed by atoms with Gasteiger partial charge in [0, 0.05) is 19.4 Å². The molecule has 1 N–H and O–H groups in total. The van der Waals surface area contributed by atoms with Crippen molar-refractivity contribution in [3.05, 3.63) is 35.6 Å². The van der Waals surface area contributed by atoms with Gasteiger partial charge < -0.3 is 14.6 Å². The Bertz CT molecular complexity index is 707. The lowest BCUT2D eigenvalue weighted by atomic mass is 9.97. The average Bonchev–Trinajstić information content (AvgIpc) is 2.98. The zero-order chi connectivity index (χ0) is 20.1. The van der Waals surface area contributed by atoms with Crippen LogP contribution in [0.2, 0.25) is 0 Å². The summed E-state index contributed by atoms with van der Waals surface area (Å²) < 4.78 is 23.6. The zero-order valence-corrected chi connectivity index (χ0v) is 15.6. The average molecular weight is 381 g/mol. The molecule has 1 aliphatic rings. The summed E-state index contributed by atoms with van der Waals surface area (Å²) in [7, 11) is 0. The number of hydrogen-bond acceptors (Lipinski definition) is 5. The highest BCUT2D eigenvalue weighted by molar-refractivity contribution is 5.81. The number of likely N-dealkylation sites (tertiary alicyclic amines) is 1. The molecule has 1 aromatic carbocycles. The molecule has 7 nitrogen and oxygen atoms in total. The summed E-state index contributed by atoms with van der Waals surface area (Å²) in [5, 5.41) is 9.45. The van der Waals surface area contributed by atoms with Crippen LogP contribution < -0.4 is 0 Å². The van der Waals surface area contributed by atoms with Crippen LogP contribution in [0.5, 0.6) is 0 Å². The van der Waals surface area contributed by atoms with E-state index in [9.17, 15) is 23.9 Å². The topological polar surface area (TPSA) is 93.1 Å². The van der Waals surface area contributed by atoms with Crippen molar-refractivity contribution in [1.29, 1.82) is 0 Å². The molecule has 1 saturated heterocycles. The van der Waals surface area contributed by atoms with Crippen LogP contribution in [0, 0.1) is 17.7 Å². The van der Waals surface area contributed by atoms with Crippen LogP contribution in [0.15, 0.2) is 24.3 Å². The lowest BCUT2D eigenvalue weighted by Gasteiger charge is -2.26. The SMILES string of the molecule is CC(=O)O[C@H](OC(=O)N1C[C@@H](Cc2cccc(F)c2)C[C@H]1C(=O)O)C(C)C. The number of amides is 1. The number of carboxylic acid groups (broad SMARTS) is 1. The van der Waals surface area contributed by atoms with Gasteiger partial charge in [-0.15, -0.1) is 0 Å². The third-order valence-electron chi connectivity index (χ3n) is 4.36. The number of benzene rings is 1. The molecule has 8 heteroatoms. The van der Waals surface area contributed by atoms with Crippen molar-refractivity contribution in [2.45, 2.75) is 45.9 Å². The first-order chi connectivity index (χ1) is 12.7. The number of carbonyl (C=O) groups excluding carboxylic acids is 2. The predicted molar refractivity (Wildman–Crippen MR) is 93.2 cm³/mol. The molecule has 0 bridgehead atoms. The number of hydrogen-bond donors (Lipinski definition) is 1. The quantitative estimate of drug-likeness (QED) is 0.602. The minimum Gasteiger partial charge on any atom is -0.480 e. The third kappa shape index (κ3) is 5.67. The molecular weight excluding hydrogens is 357 g/mol. The van der Waals surface area contributed by atoms with Gasteiger partial charge in [-0.2, -0.15) is 0 Å². The number of nitrogens with zero attached hydrogens (tertiary/aromatic N) is 1. The fraction of sp³-hybridized carbons (Fsp3) is 0.526. The van der Waals surface area contributed by atoms with Gasteiger partial charge in [-0.3, -0.25) is 9.69 Å². The lowest BCUT2D eigenvalue weighted by molar-refractivity contribution is -0.174. The Kier molecular flexibility index (Phi) is 6.76. The Hall–Kier alpha value is -2.64. The number of carbonyl (C=O) groups is 3. The summed E-state index contributed by atoms with van der Waals surface area (Å²) in [5.74, 6) is -2.53. The third-order valence-corrected chi connectivity index (χ3v) is 4.36. The van der Waals surface area contributed by atoms with Crippen LogP contribution in [-0.4, -0.2) is 46.9 Å². The van der Waals surface area contributed by atoms with Gasteiger partial charge in [-0.05, 0) is 36.5 Å². The molecule has 3 atom stereocenters. The van der Waals surface area contributed by atoms with Crippen LogP contribution in [0.25, 0.3) is 0 Å². The summed E-state index contributed by atoms with van der Waals surface area (Å²) in [5.41, 5.74) is 0.735. The van der Waals surface area contributed by atoms with E-state index in [-0.39, 0.29) is 30.6 Å². The monoisotopic (exact) mass is 381 g/mol. The van der Waals surface area contributed by atoms with Crippen LogP contribution in [0.1, 0.15) is 32.8 Å². The molecule has 0 spiro atoms. The molecule has 1 aromatic rings. The van der Waals surface area contributed by atoms with E-state index in [1.807, 2.05) is 0 Å². The van der Waals surface area contributed by atoms with Gasteiger partial charge in [-0.1, -0.05) is 26.0 Å². The van der Waals surface area contributed by atoms with Crippen molar-refractivity contribution in [2.75, 3.05) is 6.54 Å². The number of halogens is 1. The standard InChI is InChI=1S/C19H24FNO6/c1-11(2)18(26-12(3)22)27-19(25)21-10-14(9-16(21)17(23)24)7-13-5-4-6-15(20)8-13/h4-6,8,11,14,16,18H,7,9-10H2,1-3H3,(H,23,24)/t14-,16-,18+/m0/s1. The van der Waals surface area contributed by atoms with Crippen LogP contribution >= 0.6 is 0 Å². The predicted octanol–water partition coefficient (Wildman–Crippen LogP) is 2.83. The number of rotatable bonds is 6. The molecule has 0 unspecified atom stereocenters. The van der Waals surface area contributed by atoms with Gasteiger partial charge in [0.1, 0.15) is 11.9 Å². The van der Waals surface area contributed by atoms with E-state index < -0.39 is 30.4 Å². The minimum absolute atomic E-state index is 0.147. The van der Waals surface area contributed by atoms with E-state index in [0.29, 0.717) is 6.42 Å². The van der Waals surface area contributed by atoms with Crippen molar-refractivity contribution in [3.63, 3.8) is 0 Å². The first-order valence-electron chi connectivity index (χ1n) is 8.79. The number of aliphatic carboxylic acids is 1. The molecule has 1 fully saturated rings. The molecule has 0 aromatic heterocycles. The van der Waals surface area contributed by atoms with E-state index >= 15 is 0 Å². The van der Waals surface area contributed by atoms with Crippen molar-refractivity contribution in [1.82, 2.24) is 4.90 Å². The van der Waals surface area contributed by atoms with Crippen molar-refractivity contribution >= 4 is 18.0 Å². The molecule has 1 amide bonds. The molecule has 27 heavy (non-hydrogen) atoms. The summed E-state index contributed by atoms with van der Waals surface area (Å²) in [6.45, 7) is 4.80. The second kappa shape index (κ2) is 8.83. The van der Waals surface area contributed by atoms with Crippen molar-refractivity contribution in [3.8, 4) is 0 Å². The van der Waals surface area contributed by atoms with E-state index in [4.69, 9.17) is 9.47 Å². The Morgan fingerprint density at radius 1 is 1.30 bits per heavy atom. The maximum absolute atomic E-state index is 13.4. The van der Waals surface area contributed by atoms with Gasteiger partial charge in [0.05, 0.1) is 0 Å². The van der Waals surface area contributed by atoms with Gasteiger partial charge >= 0.3 is 18.0 Å². The van der Waals surface area contributed by atoms with Crippen molar-refractivity contribution < 1.29 is 33.4 Å². The fourth-order valence-electron chi connectivity index (χ4n) is 3.13. The summed E-state index contributed by atoms with van der Waals surface area (Å²) in [6.07, 6.45) is -1.25. The number of esters is 1. The van der Waals surface area contributed by atoms with Crippen LogP contribution in [-0.2, 0) is 25.5 Å². The van der Waals surface area contributed by atoms with Gasteiger partial charge in [0.25, 0.3) is 6.29 Å². The van der Waals surface area contributed by atoms with E-state index in [2.05, 4.69) is 0 Å². The molecular formula is C19H24FNO6. The highest BCUT2D eigenvalue weighted by Gasteiger charge is 2.41. The second-order valence-corrected chi connectivity index (χ2v) is 7.05. The minimum atomic E-state index is -1.14. The number of ether oxygens (including phenoxy) is 2. The molecule has 2 rings (SSSR count). The second-order valence-electron chi connectivity index (χ2n) is 7.05. The largest absolute Gasteiger partial charge is 0.480 e. The zero-order valence-electron chi connectivity index (χ0n) is 15.6. The highest BCUT2D eigenvalue weighted by Crippen LogP contribution is 2.28. The fourth-order valence-corrected chi connectivity index (χ4v) is 3.13. The maximum Gasteiger partial charge on any atom is 0.413 e. The molecule has 0 aliphatic carbocycles. The smallest absolute Gasteiger partial charge is 0.413 e. The van der Waals surface area contributed by atoms with E-state index in [0.717, 1.165) is 10.5 Å². The molecule has 0 saturated carbocycles. The highest BCUT2D eigenvalue weighted by atomic mass is 19.1. The first kappa shape index (κ1) is 20.7. The van der Waals surface area contributed by atoms with Gasteiger partial charge in [0.2, 0.25) is 0 Å². The van der Waals surface area contributed by atoms with E-state index in [1.54, 1.807) is 26.0 Å². The Balaban J connectivity index is 2.08. The molecule has 1 aliphatic heterocycles. The Morgan fingerprint density at radius 2 is 2.00 bits per heavy atom. The van der Waals surface area contributed by atoms with Crippen LogP contribution in [0.4, 0.5) is 9.18 Å². The summed E-state index contributed by atoms with van der Waals surface area (Å²) >= 11 is 0. The van der Waals surface area contributed by atoms with Crippen molar-refractivity contribution in [2.24, 2.45) is 11.8 Å². The maximum atomic E-state index is 13.4. The summed E-state index contributed by atoms with van der Waals surface area (Å²) in [4.78, 5) is 36.4. The first-order valence-corrected chi connectivity index (χ1v) is 8.79. The lowest BCUT2D eigenvalue weighted by Crippen LogP contribution is -2.43. The van der Waals surface area contributed by atoms with E-state index in [1.165, 1.54) is 19.1 Å². The molecule has 0 radical (unpaired) electrons. The molecule has 1 heterocycles. The Labute approximate surface area is 157 Å².